The van der Waals surface area contributed by atoms with E-state index in [9.17, 15) is 21.2 Å². The molecule has 158 valence electrons. The van der Waals surface area contributed by atoms with Crippen molar-refractivity contribution in [3.8, 4) is 0 Å². The average Bonchev–Trinajstić information content (AvgIpc) is 2.68. The van der Waals surface area contributed by atoms with E-state index in [1.165, 1.54) is 54.6 Å². The van der Waals surface area contributed by atoms with Gasteiger partial charge < -0.3 is 0 Å². The fraction of sp³-hybridized carbons (Fsp3) is 0. The molecule has 0 radical (unpaired) electrons. The Balaban J connectivity index is 2.34. The summed E-state index contributed by atoms with van der Waals surface area (Å²) in [7, 11) is -9.43. The van der Waals surface area contributed by atoms with Crippen LogP contribution in [-0.2, 0) is 20.0 Å². The number of benzene rings is 3. The molecule has 0 N–H and O–H groups in total. The predicted molar refractivity (Wildman–Crippen MR) is 134 cm³/mol. The van der Waals surface area contributed by atoms with Crippen LogP contribution in [0.1, 0.15) is 0 Å². The summed E-state index contributed by atoms with van der Waals surface area (Å²) in [5, 5.41) is -0.437. The zero-order chi connectivity index (χ0) is 22.3. The fourth-order valence-corrected chi connectivity index (χ4v) is 7.33. The van der Waals surface area contributed by atoms with E-state index >= 15 is 0 Å². The van der Waals surface area contributed by atoms with Crippen LogP contribution in [0.15, 0.2) is 74.9 Å². The Morgan fingerprint density at radius 2 is 1.17 bits per heavy atom. The molecule has 0 unspecified atom stereocenters. The highest BCUT2D eigenvalue weighted by Crippen LogP contribution is 2.38. The van der Waals surface area contributed by atoms with Crippen molar-refractivity contribution in [2.45, 2.75) is 9.79 Å². The highest BCUT2D eigenvalue weighted by atomic mass is 127. The summed E-state index contributed by atoms with van der Waals surface area (Å²) in [6, 6.07) is 13.4. The third-order valence-electron chi connectivity index (χ3n) is 3.87. The second kappa shape index (κ2) is 9.17. The third-order valence-corrected chi connectivity index (χ3v) is 10.7. The van der Waals surface area contributed by atoms with E-state index in [1.54, 1.807) is 0 Å². The quantitative estimate of drug-likeness (QED) is 0.236. The summed E-state index contributed by atoms with van der Waals surface area (Å²) < 4.78 is 70.3. The van der Waals surface area contributed by atoms with Crippen LogP contribution < -0.4 is 3.71 Å². The molecule has 0 aromatic heterocycles. The van der Waals surface area contributed by atoms with Crippen LogP contribution in [0, 0.1) is 13.0 Å². The first-order valence-electron chi connectivity index (χ1n) is 7.91. The minimum absolute atomic E-state index is 0.0814. The first-order chi connectivity index (χ1) is 14.0. The fourth-order valence-electron chi connectivity index (χ4n) is 2.45. The van der Waals surface area contributed by atoms with E-state index in [1.807, 2.05) is 45.2 Å². The van der Waals surface area contributed by atoms with Gasteiger partial charge in [0.25, 0.3) is 20.0 Å². The number of hydrogen-bond acceptors (Lipinski definition) is 4. The van der Waals surface area contributed by atoms with Gasteiger partial charge in [0.2, 0.25) is 0 Å². The molecular weight excluding hydrogens is 746 g/mol. The van der Waals surface area contributed by atoms with Gasteiger partial charge in [-0.25, -0.2) is 21.2 Å². The van der Waals surface area contributed by atoms with Crippen molar-refractivity contribution in [3.63, 3.8) is 0 Å². The molecule has 0 atom stereocenters. The van der Waals surface area contributed by atoms with Crippen molar-refractivity contribution >= 4 is 98.4 Å². The van der Waals surface area contributed by atoms with Crippen molar-refractivity contribution in [1.29, 1.82) is 0 Å². The maximum absolute atomic E-state index is 15.0. The Labute approximate surface area is 214 Å². The molecular formula is C18H10BrClFI2NO4S2. The molecule has 3 aromatic carbocycles. The van der Waals surface area contributed by atoms with Gasteiger partial charge in [-0.3, -0.25) is 0 Å². The van der Waals surface area contributed by atoms with Gasteiger partial charge in [-0.2, -0.15) is 3.71 Å². The Bertz CT molecular complexity index is 1240. The maximum atomic E-state index is 15.0. The Hall–Kier alpha value is -0.480. The molecule has 0 aliphatic heterocycles. The minimum atomic E-state index is -4.71. The Morgan fingerprint density at radius 3 is 1.57 bits per heavy atom. The second-order valence-corrected chi connectivity index (χ2v) is 13.3. The summed E-state index contributed by atoms with van der Waals surface area (Å²) >= 11 is 12.9. The summed E-state index contributed by atoms with van der Waals surface area (Å²) in [5.41, 5.74) is -0.708. The molecule has 0 saturated carbocycles. The molecule has 5 nitrogen and oxygen atoms in total. The van der Waals surface area contributed by atoms with Crippen LogP contribution in [0.25, 0.3) is 0 Å². The van der Waals surface area contributed by atoms with Gasteiger partial charge in [0, 0.05) is 11.6 Å². The smallest absolute Gasteiger partial charge is 0.203 e. The first-order valence-corrected chi connectivity index (χ1v) is 14.1. The summed E-state index contributed by atoms with van der Waals surface area (Å²) in [6.07, 6.45) is 0. The molecule has 0 saturated heterocycles. The number of halogens is 5. The zero-order valence-corrected chi connectivity index (χ0v) is 22.8. The lowest BCUT2D eigenvalue weighted by molar-refractivity contribution is 0.579. The predicted octanol–water partition coefficient (Wildman–Crippen LogP) is 6.04. The van der Waals surface area contributed by atoms with E-state index in [-0.39, 0.29) is 18.0 Å². The molecule has 12 heteroatoms. The molecule has 0 fully saturated rings. The highest BCUT2D eigenvalue weighted by Gasteiger charge is 2.39. The van der Waals surface area contributed by atoms with Gasteiger partial charge in [-0.05, 0) is 122 Å². The van der Waals surface area contributed by atoms with Crippen LogP contribution in [0.4, 0.5) is 10.1 Å². The SMILES string of the molecule is O=S(=O)(c1ccc(I)cc1)N(c1ccc(Br)c(Cl)c1F)S(=O)(=O)c1ccc(I)cc1. The number of sulfonamides is 2. The zero-order valence-electron chi connectivity index (χ0n) is 14.6. The Kier molecular flexibility index (Phi) is 7.39. The van der Waals surface area contributed by atoms with Crippen LogP contribution in [0.3, 0.4) is 0 Å². The molecule has 0 amide bonds. The molecule has 3 rings (SSSR count). The first kappa shape index (κ1) is 24.2. The average molecular weight is 757 g/mol. The maximum Gasteiger partial charge on any atom is 0.277 e. The molecule has 0 bridgehead atoms. The highest BCUT2D eigenvalue weighted by molar-refractivity contribution is 14.1. The Morgan fingerprint density at radius 1 is 0.767 bits per heavy atom. The largest absolute Gasteiger partial charge is 0.277 e. The second-order valence-electron chi connectivity index (χ2n) is 5.81. The van der Waals surface area contributed by atoms with Gasteiger partial charge in [0.1, 0.15) is 5.69 Å². The molecule has 0 spiro atoms. The van der Waals surface area contributed by atoms with E-state index < -0.39 is 36.6 Å². The molecule has 0 aliphatic rings. The number of rotatable bonds is 5. The summed E-state index contributed by atoms with van der Waals surface area (Å²) in [6.45, 7) is 0. The summed E-state index contributed by atoms with van der Waals surface area (Å²) in [5.74, 6) is -1.19. The van der Waals surface area contributed by atoms with Gasteiger partial charge in [0.05, 0.1) is 14.8 Å². The van der Waals surface area contributed by atoms with Crippen LogP contribution in [0.2, 0.25) is 5.02 Å². The van der Waals surface area contributed by atoms with Crippen molar-refractivity contribution in [2.24, 2.45) is 0 Å². The van der Waals surface area contributed by atoms with Gasteiger partial charge in [0.15, 0.2) is 5.82 Å². The van der Waals surface area contributed by atoms with Crippen molar-refractivity contribution in [1.82, 2.24) is 0 Å². The van der Waals surface area contributed by atoms with Crippen molar-refractivity contribution in [2.75, 3.05) is 3.71 Å². The normalized spacial score (nSPS) is 12.0. The van der Waals surface area contributed by atoms with Gasteiger partial charge in [-0.15, -0.1) is 0 Å². The topological polar surface area (TPSA) is 71.5 Å². The standard InChI is InChI=1S/C18H10BrClFI2NO4S2/c19-15-9-10-16(18(21)17(15)20)24(29(25,26)13-5-1-11(22)2-6-13)30(27,28)14-7-3-12(23)4-8-14/h1-10H. The van der Waals surface area contributed by atoms with E-state index in [2.05, 4.69) is 15.9 Å². The summed E-state index contributed by atoms with van der Waals surface area (Å²) in [4.78, 5) is -0.620. The van der Waals surface area contributed by atoms with Crippen LogP contribution in [-0.4, -0.2) is 16.8 Å². The number of anilines is 1. The monoisotopic (exact) mass is 755 g/mol. The molecule has 0 heterocycles. The lowest BCUT2D eigenvalue weighted by atomic mass is 10.3. The lowest BCUT2D eigenvalue weighted by Gasteiger charge is -2.25. The van der Waals surface area contributed by atoms with Gasteiger partial charge in [-0.1, -0.05) is 11.6 Å². The molecule has 0 aliphatic carbocycles. The number of hydrogen-bond donors (Lipinski definition) is 0. The lowest BCUT2D eigenvalue weighted by Crippen LogP contribution is -2.37. The van der Waals surface area contributed by atoms with Crippen LogP contribution >= 0.6 is 72.7 Å². The number of nitrogens with zero attached hydrogens (tertiary/aromatic N) is 1. The van der Waals surface area contributed by atoms with Crippen LogP contribution in [0.5, 0.6) is 0 Å². The van der Waals surface area contributed by atoms with Crippen molar-refractivity contribution < 1.29 is 21.2 Å². The van der Waals surface area contributed by atoms with E-state index in [4.69, 9.17) is 11.6 Å². The molecule has 3 aromatic rings. The van der Waals surface area contributed by atoms with Gasteiger partial charge >= 0.3 is 0 Å². The minimum Gasteiger partial charge on any atom is -0.203 e. The van der Waals surface area contributed by atoms with E-state index in [0.717, 1.165) is 13.2 Å². The van der Waals surface area contributed by atoms with Crippen molar-refractivity contribution in [3.05, 3.63) is 83.1 Å². The molecule has 30 heavy (non-hydrogen) atoms. The third kappa shape index (κ3) is 4.65. The van der Waals surface area contributed by atoms with E-state index in [0.29, 0.717) is 0 Å².